The summed E-state index contributed by atoms with van der Waals surface area (Å²) < 4.78 is 6.29. The Morgan fingerprint density at radius 1 is 1.38 bits per heavy atom. The Morgan fingerprint density at radius 2 is 1.94 bits per heavy atom. The lowest BCUT2D eigenvalue weighted by atomic mass is 10.1. The predicted molar refractivity (Wildman–Crippen MR) is 73.5 cm³/mol. The first-order valence-corrected chi connectivity index (χ1v) is 6.07. The molecule has 88 valence electrons. The topological polar surface area (TPSA) is 52.3 Å². The summed E-state index contributed by atoms with van der Waals surface area (Å²) in [5.41, 5.74) is 7.26. The van der Waals surface area contributed by atoms with E-state index in [1.165, 1.54) is 0 Å². The lowest BCUT2D eigenvalue weighted by Gasteiger charge is -2.20. The molecule has 1 aromatic rings. The maximum absolute atomic E-state index is 11.9. The van der Waals surface area contributed by atoms with Gasteiger partial charge in [0.1, 0.15) is 5.60 Å². The highest BCUT2D eigenvalue weighted by atomic mass is 127. The van der Waals surface area contributed by atoms with Gasteiger partial charge in [-0.05, 0) is 68.0 Å². The van der Waals surface area contributed by atoms with Crippen LogP contribution in [0.4, 0.5) is 5.69 Å². The lowest BCUT2D eigenvalue weighted by molar-refractivity contribution is 0.00687. The van der Waals surface area contributed by atoms with Crippen LogP contribution in [0.5, 0.6) is 0 Å². The van der Waals surface area contributed by atoms with E-state index in [0.717, 1.165) is 9.13 Å². The number of benzene rings is 1. The quantitative estimate of drug-likeness (QED) is 0.488. The molecular formula is C12H16INO2. The second kappa shape index (κ2) is 4.61. The van der Waals surface area contributed by atoms with E-state index in [0.29, 0.717) is 11.3 Å². The van der Waals surface area contributed by atoms with Crippen molar-refractivity contribution in [2.24, 2.45) is 0 Å². The first kappa shape index (κ1) is 13.3. The van der Waals surface area contributed by atoms with Crippen LogP contribution in [0.3, 0.4) is 0 Å². The smallest absolute Gasteiger partial charge is 0.339 e. The van der Waals surface area contributed by atoms with Crippen LogP contribution in [-0.4, -0.2) is 11.6 Å². The first-order valence-electron chi connectivity index (χ1n) is 4.99. The van der Waals surface area contributed by atoms with Gasteiger partial charge in [0.25, 0.3) is 0 Å². The summed E-state index contributed by atoms with van der Waals surface area (Å²) in [5, 5.41) is 0. The largest absolute Gasteiger partial charge is 0.456 e. The van der Waals surface area contributed by atoms with Crippen molar-refractivity contribution in [3.63, 3.8) is 0 Å². The zero-order valence-corrected chi connectivity index (χ0v) is 12.1. The molecule has 0 atom stereocenters. The molecule has 0 heterocycles. The van der Waals surface area contributed by atoms with Crippen LogP contribution in [-0.2, 0) is 4.74 Å². The van der Waals surface area contributed by atoms with Crippen molar-refractivity contribution in [1.82, 2.24) is 0 Å². The molecule has 0 amide bonds. The number of rotatable bonds is 1. The Hall–Kier alpha value is -0.780. The predicted octanol–water partition coefficient (Wildman–Crippen LogP) is 3.14. The van der Waals surface area contributed by atoms with Gasteiger partial charge in [-0.3, -0.25) is 0 Å². The summed E-state index contributed by atoms with van der Waals surface area (Å²) in [4.78, 5) is 11.9. The summed E-state index contributed by atoms with van der Waals surface area (Å²) >= 11 is 2.16. The van der Waals surface area contributed by atoms with Crippen molar-refractivity contribution in [3.05, 3.63) is 26.8 Å². The van der Waals surface area contributed by atoms with Crippen molar-refractivity contribution in [2.75, 3.05) is 5.73 Å². The molecule has 4 heteroatoms. The first-order chi connectivity index (χ1) is 7.20. The molecule has 0 saturated carbocycles. The van der Waals surface area contributed by atoms with Gasteiger partial charge >= 0.3 is 5.97 Å². The molecule has 0 aliphatic rings. The van der Waals surface area contributed by atoms with Gasteiger partial charge in [0.2, 0.25) is 0 Å². The van der Waals surface area contributed by atoms with Gasteiger partial charge in [0, 0.05) is 9.26 Å². The summed E-state index contributed by atoms with van der Waals surface area (Å²) in [6.07, 6.45) is 0. The van der Waals surface area contributed by atoms with Crippen molar-refractivity contribution in [1.29, 1.82) is 0 Å². The third kappa shape index (κ3) is 3.37. The molecule has 0 radical (unpaired) electrons. The monoisotopic (exact) mass is 333 g/mol. The molecule has 0 aromatic heterocycles. The zero-order chi connectivity index (χ0) is 12.5. The molecule has 16 heavy (non-hydrogen) atoms. The molecular weight excluding hydrogens is 317 g/mol. The molecule has 3 nitrogen and oxygen atoms in total. The number of nitrogen functional groups attached to an aromatic ring is 1. The summed E-state index contributed by atoms with van der Waals surface area (Å²) in [6, 6.07) is 3.50. The van der Waals surface area contributed by atoms with Crippen molar-refractivity contribution >= 4 is 34.2 Å². The summed E-state index contributed by atoms with van der Waals surface area (Å²) in [7, 11) is 0. The fourth-order valence-corrected chi connectivity index (χ4v) is 1.90. The molecule has 0 bridgehead atoms. The molecule has 0 saturated heterocycles. The SMILES string of the molecule is Cc1c(I)cc(N)cc1C(=O)OC(C)(C)C. The number of hydrogen-bond donors (Lipinski definition) is 1. The highest BCUT2D eigenvalue weighted by molar-refractivity contribution is 14.1. The molecule has 0 unspecified atom stereocenters. The number of carbonyl (C=O) groups is 1. The van der Waals surface area contributed by atoms with Crippen LogP contribution in [0, 0.1) is 10.5 Å². The minimum atomic E-state index is -0.487. The molecule has 2 N–H and O–H groups in total. The van der Waals surface area contributed by atoms with Crippen molar-refractivity contribution in [3.8, 4) is 0 Å². The third-order valence-corrected chi connectivity index (χ3v) is 3.11. The highest BCUT2D eigenvalue weighted by Crippen LogP contribution is 2.22. The second-order valence-electron chi connectivity index (χ2n) is 4.68. The Balaban J connectivity index is 3.09. The molecule has 1 aromatic carbocycles. The van der Waals surface area contributed by atoms with E-state index in [2.05, 4.69) is 22.6 Å². The number of hydrogen-bond acceptors (Lipinski definition) is 3. The minimum absolute atomic E-state index is 0.324. The molecule has 0 fully saturated rings. The average molecular weight is 333 g/mol. The maximum atomic E-state index is 11.9. The third-order valence-electron chi connectivity index (χ3n) is 1.99. The normalized spacial score (nSPS) is 11.3. The standard InChI is InChI=1S/C12H16INO2/c1-7-9(5-8(14)6-10(7)13)11(15)16-12(2,3)4/h5-6H,14H2,1-4H3. The summed E-state index contributed by atoms with van der Waals surface area (Å²) in [6.45, 7) is 7.42. The van der Waals surface area contributed by atoms with Crippen LogP contribution in [0.2, 0.25) is 0 Å². The van der Waals surface area contributed by atoms with Gasteiger partial charge in [-0.2, -0.15) is 0 Å². The Bertz CT molecular complexity index is 422. The van der Waals surface area contributed by atoms with E-state index in [9.17, 15) is 4.79 Å². The number of esters is 1. The minimum Gasteiger partial charge on any atom is -0.456 e. The van der Waals surface area contributed by atoms with E-state index in [4.69, 9.17) is 10.5 Å². The van der Waals surface area contributed by atoms with E-state index in [1.54, 1.807) is 6.07 Å². The van der Waals surface area contributed by atoms with E-state index in [-0.39, 0.29) is 5.97 Å². The molecule has 0 spiro atoms. The second-order valence-corrected chi connectivity index (χ2v) is 5.84. The Labute approximate surface area is 109 Å². The number of nitrogens with two attached hydrogens (primary N) is 1. The number of halogens is 1. The Morgan fingerprint density at radius 3 is 2.44 bits per heavy atom. The number of ether oxygens (including phenoxy) is 1. The van der Waals surface area contributed by atoms with Crippen LogP contribution >= 0.6 is 22.6 Å². The Kier molecular flexibility index (Phi) is 3.83. The van der Waals surface area contributed by atoms with E-state index in [1.807, 2.05) is 33.8 Å². The van der Waals surface area contributed by atoms with Crippen molar-refractivity contribution < 1.29 is 9.53 Å². The van der Waals surface area contributed by atoms with E-state index < -0.39 is 5.60 Å². The van der Waals surface area contributed by atoms with Crippen LogP contribution in [0.1, 0.15) is 36.7 Å². The van der Waals surface area contributed by atoms with Crippen molar-refractivity contribution in [2.45, 2.75) is 33.3 Å². The van der Waals surface area contributed by atoms with Gasteiger partial charge in [0.05, 0.1) is 5.56 Å². The fraction of sp³-hybridized carbons (Fsp3) is 0.417. The summed E-state index contributed by atoms with van der Waals surface area (Å²) in [5.74, 6) is -0.324. The maximum Gasteiger partial charge on any atom is 0.339 e. The van der Waals surface area contributed by atoms with Gasteiger partial charge < -0.3 is 10.5 Å². The van der Waals surface area contributed by atoms with E-state index >= 15 is 0 Å². The molecule has 0 aliphatic heterocycles. The van der Waals surface area contributed by atoms with Gasteiger partial charge in [-0.25, -0.2) is 4.79 Å². The number of carbonyl (C=O) groups excluding carboxylic acids is 1. The van der Waals surface area contributed by atoms with Gasteiger partial charge in [0.15, 0.2) is 0 Å². The molecule has 1 rings (SSSR count). The van der Waals surface area contributed by atoms with Crippen LogP contribution in [0.25, 0.3) is 0 Å². The zero-order valence-electron chi connectivity index (χ0n) is 9.93. The fourth-order valence-electron chi connectivity index (χ4n) is 1.24. The number of anilines is 1. The lowest BCUT2D eigenvalue weighted by Crippen LogP contribution is -2.24. The van der Waals surface area contributed by atoms with Gasteiger partial charge in [-0.15, -0.1) is 0 Å². The van der Waals surface area contributed by atoms with Crippen LogP contribution < -0.4 is 5.73 Å². The molecule has 0 aliphatic carbocycles. The van der Waals surface area contributed by atoms with Gasteiger partial charge in [-0.1, -0.05) is 0 Å². The average Bonchev–Trinajstić information content (AvgIpc) is 2.08. The van der Waals surface area contributed by atoms with Crippen LogP contribution in [0.15, 0.2) is 12.1 Å². The highest BCUT2D eigenvalue weighted by Gasteiger charge is 2.20.